The molecule has 1 aromatic carbocycles. The molecule has 1 N–H and O–H groups in total. The summed E-state index contributed by atoms with van der Waals surface area (Å²) in [5, 5.41) is 3.26. The Bertz CT molecular complexity index is 453. The summed E-state index contributed by atoms with van der Waals surface area (Å²) in [5.74, 6) is 3.07. The number of methoxy groups -OCH3 is 1. The SMILES string of the molecule is CCC(NC)c1ccc(OC)cc1.O=CC1CC2CCC1C2. The highest BCUT2D eigenvalue weighted by Gasteiger charge is 2.38. The molecule has 2 bridgehead atoms. The van der Waals surface area contributed by atoms with Gasteiger partial charge in [0.25, 0.3) is 0 Å². The van der Waals surface area contributed by atoms with Crippen LogP contribution >= 0.6 is 0 Å². The summed E-state index contributed by atoms with van der Waals surface area (Å²) in [5.41, 5.74) is 1.31. The van der Waals surface area contributed by atoms with E-state index in [2.05, 4.69) is 24.4 Å². The van der Waals surface area contributed by atoms with Gasteiger partial charge in [0.1, 0.15) is 12.0 Å². The molecule has 0 radical (unpaired) electrons. The lowest BCUT2D eigenvalue weighted by molar-refractivity contribution is -0.112. The summed E-state index contributed by atoms with van der Waals surface area (Å²) >= 11 is 0. The first-order valence-corrected chi connectivity index (χ1v) is 8.48. The van der Waals surface area contributed by atoms with Gasteiger partial charge < -0.3 is 14.8 Å². The van der Waals surface area contributed by atoms with Crippen LogP contribution in [-0.2, 0) is 4.79 Å². The zero-order chi connectivity index (χ0) is 15.9. The van der Waals surface area contributed by atoms with Crippen molar-refractivity contribution in [2.24, 2.45) is 17.8 Å². The zero-order valence-corrected chi connectivity index (χ0v) is 14.0. The Morgan fingerprint density at radius 2 is 2.00 bits per heavy atom. The lowest BCUT2D eigenvalue weighted by atomic mass is 9.90. The van der Waals surface area contributed by atoms with Crippen LogP contribution < -0.4 is 10.1 Å². The molecule has 0 aliphatic heterocycles. The van der Waals surface area contributed by atoms with Crippen LogP contribution in [0.3, 0.4) is 0 Å². The van der Waals surface area contributed by atoms with Crippen LogP contribution in [0.1, 0.15) is 50.6 Å². The van der Waals surface area contributed by atoms with E-state index in [0.29, 0.717) is 12.0 Å². The predicted molar refractivity (Wildman–Crippen MR) is 90.1 cm³/mol. The molecule has 0 spiro atoms. The van der Waals surface area contributed by atoms with E-state index >= 15 is 0 Å². The second-order valence-electron chi connectivity index (χ2n) is 6.50. The van der Waals surface area contributed by atoms with Crippen molar-refractivity contribution < 1.29 is 9.53 Å². The second kappa shape index (κ2) is 8.33. The second-order valence-corrected chi connectivity index (χ2v) is 6.50. The molecule has 3 rings (SSSR count). The maximum atomic E-state index is 10.4. The Balaban J connectivity index is 0.000000170. The van der Waals surface area contributed by atoms with E-state index in [1.54, 1.807) is 7.11 Å². The van der Waals surface area contributed by atoms with Crippen LogP contribution in [-0.4, -0.2) is 20.4 Å². The van der Waals surface area contributed by atoms with E-state index in [0.717, 1.165) is 24.0 Å². The summed E-state index contributed by atoms with van der Waals surface area (Å²) in [6, 6.07) is 8.64. The summed E-state index contributed by atoms with van der Waals surface area (Å²) in [4.78, 5) is 10.4. The number of carbonyl (C=O) groups is 1. The van der Waals surface area contributed by atoms with Crippen molar-refractivity contribution in [3.8, 4) is 5.75 Å². The summed E-state index contributed by atoms with van der Waals surface area (Å²) in [6.07, 6.45) is 7.55. The van der Waals surface area contributed by atoms with E-state index in [1.165, 1.54) is 37.5 Å². The minimum atomic E-state index is 0.448. The fraction of sp³-hybridized carbons (Fsp3) is 0.632. The molecule has 0 saturated heterocycles. The Hall–Kier alpha value is -1.35. The molecule has 0 aromatic heterocycles. The van der Waals surface area contributed by atoms with Crippen molar-refractivity contribution in [3.05, 3.63) is 29.8 Å². The van der Waals surface area contributed by atoms with E-state index in [1.807, 2.05) is 19.2 Å². The average molecular weight is 303 g/mol. The van der Waals surface area contributed by atoms with E-state index in [9.17, 15) is 4.79 Å². The topological polar surface area (TPSA) is 38.3 Å². The van der Waals surface area contributed by atoms with Crippen LogP contribution in [0.2, 0.25) is 0 Å². The molecular formula is C19H29NO2. The third-order valence-electron chi connectivity index (χ3n) is 5.24. The van der Waals surface area contributed by atoms with Gasteiger partial charge in [-0.15, -0.1) is 0 Å². The molecule has 2 fully saturated rings. The summed E-state index contributed by atoms with van der Waals surface area (Å²) < 4.78 is 5.10. The minimum Gasteiger partial charge on any atom is -0.497 e. The normalized spacial score (nSPS) is 27.0. The monoisotopic (exact) mass is 303 g/mol. The van der Waals surface area contributed by atoms with Crippen molar-refractivity contribution in [1.82, 2.24) is 5.32 Å². The number of aldehydes is 1. The van der Waals surface area contributed by atoms with Crippen LogP contribution in [0.25, 0.3) is 0 Å². The minimum absolute atomic E-state index is 0.448. The summed E-state index contributed by atoms with van der Waals surface area (Å²) in [7, 11) is 3.67. The molecule has 2 aliphatic rings. The molecular weight excluding hydrogens is 274 g/mol. The fourth-order valence-corrected chi connectivity index (χ4v) is 3.90. The maximum Gasteiger partial charge on any atom is 0.123 e. The van der Waals surface area contributed by atoms with Crippen molar-refractivity contribution in [2.45, 2.75) is 45.1 Å². The highest BCUT2D eigenvalue weighted by molar-refractivity contribution is 5.55. The van der Waals surface area contributed by atoms with Gasteiger partial charge in [0.05, 0.1) is 7.11 Å². The van der Waals surface area contributed by atoms with Crippen LogP contribution in [0.15, 0.2) is 24.3 Å². The smallest absolute Gasteiger partial charge is 0.123 e. The molecule has 0 heterocycles. The van der Waals surface area contributed by atoms with Gasteiger partial charge in [-0.2, -0.15) is 0 Å². The first-order chi connectivity index (χ1) is 10.7. The molecule has 2 aliphatic carbocycles. The van der Waals surface area contributed by atoms with Crippen LogP contribution in [0.4, 0.5) is 0 Å². The zero-order valence-electron chi connectivity index (χ0n) is 14.0. The number of rotatable bonds is 5. The molecule has 2 saturated carbocycles. The molecule has 4 unspecified atom stereocenters. The van der Waals surface area contributed by atoms with Gasteiger partial charge in [0, 0.05) is 12.0 Å². The van der Waals surface area contributed by atoms with Crippen LogP contribution in [0.5, 0.6) is 5.75 Å². The molecule has 4 atom stereocenters. The van der Waals surface area contributed by atoms with Gasteiger partial charge in [0.15, 0.2) is 0 Å². The molecule has 3 heteroatoms. The third kappa shape index (κ3) is 4.10. The van der Waals surface area contributed by atoms with E-state index < -0.39 is 0 Å². The summed E-state index contributed by atoms with van der Waals surface area (Å²) in [6.45, 7) is 2.17. The first-order valence-electron chi connectivity index (χ1n) is 8.48. The number of fused-ring (bicyclic) bond motifs is 2. The lowest BCUT2D eigenvalue weighted by Crippen LogP contribution is -2.14. The maximum absolute atomic E-state index is 10.4. The highest BCUT2D eigenvalue weighted by Crippen LogP contribution is 2.47. The van der Waals surface area contributed by atoms with E-state index in [-0.39, 0.29) is 0 Å². The molecule has 3 nitrogen and oxygen atoms in total. The number of carbonyl (C=O) groups excluding carboxylic acids is 1. The first kappa shape index (κ1) is 17.0. The Morgan fingerprint density at radius 1 is 1.27 bits per heavy atom. The molecule has 122 valence electrons. The number of hydrogen-bond donors (Lipinski definition) is 1. The highest BCUT2D eigenvalue weighted by atomic mass is 16.5. The number of hydrogen-bond acceptors (Lipinski definition) is 3. The molecule has 0 amide bonds. The Labute approximate surface area is 134 Å². The standard InChI is InChI=1S/C11H17NO.C8H12O/c1-4-11(12-2)9-5-7-10(13-3)8-6-9;9-5-8-4-6-1-2-7(8)3-6/h5-8,11-12H,4H2,1-3H3;5-8H,1-4H2. The number of ether oxygens (including phenoxy) is 1. The molecule has 22 heavy (non-hydrogen) atoms. The van der Waals surface area contributed by atoms with Gasteiger partial charge >= 0.3 is 0 Å². The predicted octanol–water partition coefficient (Wildman–Crippen LogP) is 3.99. The van der Waals surface area contributed by atoms with Crippen molar-refractivity contribution in [2.75, 3.05) is 14.2 Å². The van der Waals surface area contributed by atoms with Gasteiger partial charge in [-0.25, -0.2) is 0 Å². The number of benzene rings is 1. The number of nitrogens with one attached hydrogen (secondary N) is 1. The van der Waals surface area contributed by atoms with Crippen molar-refractivity contribution >= 4 is 6.29 Å². The van der Waals surface area contributed by atoms with Gasteiger partial charge in [-0.05, 0) is 62.3 Å². The van der Waals surface area contributed by atoms with Crippen LogP contribution in [0, 0.1) is 17.8 Å². The van der Waals surface area contributed by atoms with Crippen molar-refractivity contribution in [3.63, 3.8) is 0 Å². The Kier molecular flexibility index (Phi) is 6.44. The van der Waals surface area contributed by atoms with E-state index in [4.69, 9.17) is 4.74 Å². The fourth-order valence-electron chi connectivity index (χ4n) is 3.90. The lowest BCUT2D eigenvalue weighted by Gasteiger charge is -2.14. The quantitative estimate of drug-likeness (QED) is 0.836. The van der Waals surface area contributed by atoms with Gasteiger partial charge in [-0.1, -0.05) is 25.5 Å². The van der Waals surface area contributed by atoms with Gasteiger partial charge in [0.2, 0.25) is 0 Å². The molecule has 1 aromatic rings. The third-order valence-corrected chi connectivity index (χ3v) is 5.24. The largest absolute Gasteiger partial charge is 0.497 e. The average Bonchev–Trinajstić information content (AvgIpc) is 3.20. The van der Waals surface area contributed by atoms with Crippen molar-refractivity contribution in [1.29, 1.82) is 0 Å². The van der Waals surface area contributed by atoms with Gasteiger partial charge in [-0.3, -0.25) is 0 Å². The Morgan fingerprint density at radius 3 is 2.36 bits per heavy atom.